The SMILES string of the molecule is CNC(=O)c1ccc(-c2cn3c(n2)sc2cc(C(=O)CC(C)C4CCOCC4)ccc23)cc1. The Balaban J connectivity index is 1.36. The number of benzene rings is 2. The smallest absolute Gasteiger partial charge is 0.251 e. The quantitative estimate of drug-likeness (QED) is 0.400. The highest BCUT2D eigenvalue weighted by molar-refractivity contribution is 7.23. The third kappa shape index (κ3) is 4.30. The Kier molecular flexibility index (Phi) is 6.00. The summed E-state index contributed by atoms with van der Waals surface area (Å²) in [6, 6.07) is 13.4. The van der Waals surface area contributed by atoms with E-state index in [0.29, 0.717) is 23.8 Å². The number of amides is 1. The van der Waals surface area contributed by atoms with Crippen LogP contribution in [0.15, 0.2) is 48.7 Å². The van der Waals surface area contributed by atoms with E-state index in [0.717, 1.165) is 58.1 Å². The van der Waals surface area contributed by atoms with Gasteiger partial charge in [-0.25, -0.2) is 4.98 Å². The Morgan fingerprint density at radius 3 is 2.61 bits per heavy atom. The van der Waals surface area contributed by atoms with E-state index >= 15 is 0 Å². The number of aromatic nitrogens is 2. The van der Waals surface area contributed by atoms with Crippen LogP contribution in [0.1, 0.15) is 46.9 Å². The number of ether oxygens (including phenoxy) is 1. The lowest BCUT2D eigenvalue weighted by molar-refractivity contribution is 0.0469. The first-order chi connectivity index (χ1) is 16.0. The summed E-state index contributed by atoms with van der Waals surface area (Å²) in [5.41, 5.74) is 4.26. The maximum Gasteiger partial charge on any atom is 0.251 e. The number of Topliss-reactive ketones (excluding diaryl/α,β-unsaturated/α-hetero) is 1. The van der Waals surface area contributed by atoms with E-state index in [1.165, 1.54) is 0 Å². The number of fused-ring (bicyclic) bond motifs is 3. The Morgan fingerprint density at radius 1 is 1.15 bits per heavy atom. The van der Waals surface area contributed by atoms with E-state index in [1.807, 2.05) is 36.5 Å². The van der Waals surface area contributed by atoms with Gasteiger partial charge in [0.05, 0.1) is 15.9 Å². The van der Waals surface area contributed by atoms with Gasteiger partial charge in [-0.15, -0.1) is 0 Å². The maximum atomic E-state index is 13.0. The number of hydrogen-bond acceptors (Lipinski definition) is 5. The minimum atomic E-state index is -0.106. The average molecular weight is 462 g/mol. The number of nitrogens with one attached hydrogen (secondary N) is 1. The summed E-state index contributed by atoms with van der Waals surface area (Å²) in [6.07, 6.45) is 4.69. The molecule has 0 bridgehead atoms. The lowest BCUT2D eigenvalue weighted by Crippen LogP contribution is -2.23. The van der Waals surface area contributed by atoms with E-state index in [9.17, 15) is 9.59 Å². The molecule has 170 valence electrons. The predicted octanol–water partition coefficient (Wildman–Crippen LogP) is 5.21. The second kappa shape index (κ2) is 9.08. The summed E-state index contributed by atoms with van der Waals surface area (Å²) in [6.45, 7) is 3.81. The van der Waals surface area contributed by atoms with Gasteiger partial charge in [-0.2, -0.15) is 0 Å². The van der Waals surface area contributed by atoms with Gasteiger partial charge in [-0.1, -0.05) is 30.4 Å². The largest absolute Gasteiger partial charge is 0.381 e. The molecular weight excluding hydrogens is 434 g/mol. The summed E-state index contributed by atoms with van der Waals surface area (Å²) in [4.78, 5) is 30.4. The highest BCUT2D eigenvalue weighted by atomic mass is 32.1. The van der Waals surface area contributed by atoms with Gasteiger partial charge in [-0.3, -0.25) is 14.0 Å². The van der Waals surface area contributed by atoms with Crippen molar-refractivity contribution >= 4 is 38.2 Å². The van der Waals surface area contributed by atoms with E-state index in [2.05, 4.69) is 16.6 Å². The molecule has 2 aromatic carbocycles. The summed E-state index contributed by atoms with van der Waals surface area (Å²) < 4.78 is 8.59. The zero-order chi connectivity index (χ0) is 22.9. The summed E-state index contributed by atoms with van der Waals surface area (Å²) >= 11 is 1.59. The van der Waals surface area contributed by atoms with Crippen LogP contribution in [0.25, 0.3) is 26.4 Å². The van der Waals surface area contributed by atoms with Crippen LogP contribution in [0.3, 0.4) is 0 Å². The maximum absolute atomic E-state index is 13.0. The molecule has 4 aromatic rings. The number of carbonyl (C=O) groups excluding carboxylic acids is 2. The van der Waals surface area contributed by atoms with Gasteiger partial charge in [0, 0.05) is 49.6 Å². The summed E-state index contributed by atoms with van der Waals surface area (Å²) in [7, 11) is 1.62. The molecule has 2 aromatic heterocycles. The molecule has 33 heavy (non-hydrogen) atoms. The van der Waals surface area contributed by atoms with Gasteiger partial charge < -0.3 is 10.1 Å². The molecule has 0 saturated carbocycles. The van der Waals surface area contributed by atoms with Crippen molar-refractivity contribution in [3.05, 3.63) is 59.8 Å². The molecule has 1 N–H and O–H groups in total. The van der Waals surface area contributed by atoms with Crippen LogP contribution in [0, 0.1) is 11.8 Å². The minimum Gasteiger partial charge on any atom is -0.381 e. The summed E-state index contributed by atoms with van der Waals surface area (Å²) in [5.74, 6) is 1.04. The number of thiazole rings is 1. The molecule has 1 aliphatic heterocycles. The molecule has 1 unspecified atom stereocenters. The van der Waals surface area contributed by atoms with Crippen LogP contribution in [0.4, 0.5) is 0 Å². The van der Waals surface area contributed by atoms with E-state index in [-0.39, 0.29) is 11.7 Å². The first-order valence-electron chi connectivity index (χ1n) is 11.4. The Morgan fingerprint density at radius 2 is 1.88 bits per heavy atom. The molecule has 5 rings (SSSR count). The van der Waals surface area contributed by atoms with Crippen LogP contribution < -0.4 is 5.32 Å². The topological polar surface area (TPSA) is 72.7 Å². The van der Waals surface area contributed by atoms with Crippen molar-refractivity contribution in [1.29, 1.82) is 0 Å². The van der Waals surface area contributed by atoms with Crippen LogP contribution >= 0.6 is 11.3 Å². The average Bonchev–Trinajstić information content (AvgIpc) is 3.41. The fourth-order valence-electron chi connectivity index (χ4n) is 4.61. The first-order valence-corrected chi connectivity index (χ1v) is 12.2. The third-order valence-electron chi connectivity index (χ3n) is 6.66. The lowest BCUT2D eigenvalue weighted by Gasteiger charge is -2.27. The molecule has 0 spiro atoms. The van der Waals surface area contributed by atoms with Gasteiger partial charge in [-0.05, 0) is 55.0 Å². The van der Waals surface area contributed by atoms with Gasteiger partial charge in [0.1, 0.15) is 0 Å². The molecule has 1 atom stereocenters. The number of hydrogen-bond donors (Lipinski definition) is 1. The Bertz CT molecular complexity index is 1320. The highest BCUT2D eigenvalue weighted by Gasteiger charge is 2.23. The Hall–Kier alpha value is -3.03. The molecule has 1 amide bonds. The number of rotatable bonds is 6. The molecule has 3 heterocycles. The molecule has 7 heteroatoms. The molecule has 1 fully saturated rings. The van der Waals surface area contributed by atoms with E-state index in [4.69, 9.17) is 9.72 Å². The van der Waals surface area contributed by atoms with Crippen LogP contribution in [0.2, 0.25) is 0 Å². The number of ketones is 1. The zero-order valence-corrected chi connectivity index (χ0v) is 19.7. The molecule has 1 aliphatic rings. The van der Waals surface area contributed by atoms with Crippen molar-refractivity contribution in [2.24, 2.45) is 11.8 Å². The van der Waals surface area contributed by atoms with Crippen molar-refractivity contribution in [2.75, 3.05) is 20.3 Å². The van der Waals surface area contributed by atoms with Gasteiger partial charge in [0.15, 0.2) is 10.7 Å². The van der Waals surface area contributed by atoms with Crippen LogP contribution in [0.5, 0.6) is 0 Å². The van der Waals surface area contributed by atoms with E-state index < -0.39 is 0 Å². The van der Waals surface area contributed by atoms with Gasteiger partial charge >= 0.3 is 0 Å². The second-order valence-electron chi connectivity index (χ2n) is 8.77. The van der Waals surface area contributed by atoms with Crippen molar-refractivity contribution in [3.63, 3.8) is 0 Å². The fourth-order valence-corrected chi connectivity index (χ4v) is 5.66. The first kappa shape index (κ1) is 21.8. The zero-order valence-electron chi connectivity index (χ0n) is 18.8. The van der Waals surface area contributed by atoms with Gasteiger partial charge in [0.2, 0.25) is 0 Å². The van der Waals surface area contributed by atoms with Crippen LogP contribution in [-0.2, 0) is 4.74 Å². The van der Waals surface area contributed by atoms with E-state index in [1.54, 1.807) is 30.5 Å². The predicted molar refractivity (Wildman–Crippen MR) is 131 cm³/mol. The summed E-state index contributed by atoms with van der Waals surface area (Å²) in [5, 5.41) is 2.63. The molecule has 0 aliphatic carbocycles. The normalized spacial score (nSPS) is 15.7. The monoisotopic (exact) mass is 461 g/mol. The van der Waals surface area contributed by atoms with Crippen molar-refractivity contribution in [3.8, 4) is 11.3 Å². The van der Waals surface area contributed by atoms with Crippen molar-refractivity contribution in [2.45, 2.75) is 26.2 Å². The van der Waals surface area contributed by atoms with Crippen molar-refractivity contribution < 1.29 is 14.3 Å². The highest BCUT2D eigenvalue weighted by Crippen LogP contribution is 2.32. The molecule has 0 radical (unpaired) electrons. The standard InChI is InChI=1S/C26H27N3O3S/c1-16(17-9-11-32-12-10-17)13-23(30)20-7-8-22-24(14-20)33-26-28-21(15-29(22)26)18-3-5-19(6-4-18)25(31)27-2/h3-8,14-17H,9-13H2,1-2H3,(H,27,31). The lowest BCUT2D eigenvalue weighted by atomic mass is 9.83. The fraction of sp³-hybridized carbons (Fsp3) is 0.346. The minimum absolute atomic E-state index is 0.106. The van der Waals surface area contributed by atoms with Gasteiger partial charge in [0.25, 0.3) is 5.91 Å². The molecule has 1 saturated heterocycles. The third-order valence-corrected chi connectivity index (χ3v) is 7.68. The number of carbonyl (C=O) groups is 2. The second-order valence-corrected chi connectivity index (χ2v) is 9.78. The molecular formula is C26H27N3O3S. The van der Waals surface area contributed by atoms with Crippen molar-refractivity contribution in [1.82, 2.24) is 14.7 Å². The molecule has 6 nitrogen and oxygen atoms in total. The van der Waals surface area contributed by atoms with Crippen LogP contribution in [-0.4, -0.2) is 41.3 Å². The number of imidazole rings is 1. The number of nitrogens with zero attached hydrogens (tertiary/aromatic N) is 2. The Labute approximate surface area is 196 Å².